The molecule has 45 heavy (non-hydrogen) atoms. The molecule has 0 aliphatic carbocycles. The molecule has 0 bridgehead atoms. The van der Waals surface area contributed by atoms with Gasteiger partial charge < -0.3 is 20.4 Å². The van der Waals surface area contributed by atoms with E-state index in [2.05, 4.69) is 0 Å². The number of benzene rings is 2. The third-order valence-electron chi connectivity index (χ3n) is 7.76. The molecule has 7 heteroatoms. The Hall–Kier alpha value is -3.19. The molecule has 0 aromatic heterocycles. The molecule has 248 valence electrons. The monoisotopic (exact) mass is 638 g/mol. The van der Waals surface area contributed by atoms with Crippen LogP contribution in [0.2, 0.25) is 0 Å². The van der Waals surface area contributed by atoms with E-state index in [-0.39, 0.29) is 44.3 Å². The van der Waals surface area contributed by atoms with E-state index in [1.807, 2.05) is 107 Å². The first kappa shape index (κ1) is 38.0. The van der Waals surface area contributed by atoms with E-state index < -0.39 is 11.9 Å². The van der Waals surface area contributed by atoms with Gasteiger partial charge in [0.1, 0.15) is 11.5 Å². The van der Waals surface area contributed by atoms with Crippen LogP contribution in [-0.2, 0) is 31.2 Å². The van der Waals surface area contributed by atoms with Crippen LogP contribution in [0.5, 0.6) is 11.5 Å². The number of thioether (sulfide) groups is 1. The molecule has 0 amide bonds. The van der Waals surface area contributed by atoms with E-state index in [0.29, 0.717) is 24.3 Å². The molecule has 2 rings (SSSR count). The first-order chi connectivity index (χ1) is 20.3. The van der Waals surface area contributed by atoms with Crippen LogP contribution in [0.4, 0.5) is 0 Å². The van der Waals surface area contributed by atoms with Crippen molar-refractivity contribution in [1.82, 2.24) is 0 Å². The SMILES string of the molecule is CC(C)(C)c1cc(C=C(CCSCCC(=Cc2cc(C(C)(C)C)c(O)c(C(C)(C)C)c2)C(=O)O)C(=O)O)cc(C(C)(C)C)c1O. The van der Waals surface area contributed by atoms with Crippen molar-refractivity contribution in [3.8, 4) is 11.5 Å². The molecule has 0 saturated carbocycles. The number of carboxylic acids is 2. The van der Waals surface area contributed by atoms with Gasteiger partial charge in [0, 0.05) is 33.4 Å². The minimum atomic E-state index is -0.999. The molecule has 0 spiro atoms. The van der Waals surface area contributed by atoms with Crippen LogP contribution >= 0.6 is 11.8 Å². The van der Waals surface area contributed by atoms with Gasteiger partial charge in [-0.1, -0.05) is 83.1 Å². The lowest BCUT2D eigenvalue weighted by Gasteiger charge is -2.28. The molecule has 0 radical (unpaired) electrons. The van der Waals surface area contributed by atoms with Gasteiger partial charge in [-0.15, -0.1) is 0 Å². The fourth-order valence-corrected chi connectivity index (χ4v) is 6.05. The van der Waals surface area contributed by atoms with Gasteiger partial charge in [-0.05, 0) is 93.6 Å². The summed E-state index contributed by atoms with van der Waals surface area (Å²) in [5, 5.41) is 42.0. The predicted molar refractivity (Wildman–Crippen MR) is 189 cm³/mol. The molecule has 0 saturated heterocycles. The lowest BCUT2D eigenvalue weighted by atomic mass is 9.78. The predicted octanol–water partition coefficient (Wildman–Crippen LogP) is 9.44. The van der Waals surface area contributed by atoms with Crippen molar-refractivity contribution >= 4 is 35.9 Å². The lowest BCUT2D eigenvalue weighted by Crippen LogP contribution is -2.17. The first-order valence-corrected chi connectivity index (χ1v) is 16.7. The summed E-state index contributed by atoms with van der Waals surface area (Å²) in [5.41, 5.74) is 3.76. The minimum absolute atomic E-state index is 0.249. The van der Waals surface area contributed by atoms with Crippen LogP contribution < -0.4 is 0 Å². The zero-order valence-electron chi connectivity index (χ0n) is 29.3. The van der Waals surface area contributed by atoms with Crippen LogP contribution in [-0.4, -0.2) is 43.9 Å². The Kier molecular flexibility index (Phi) is 11.9. The number of phenols is 2. The number of rotatable bonds is 10. The number of phenolic OH excluding ortho intramolecular Hbond substituents is 2. The number of hydrogen-bond acceptors (Lipinski definition) is 5. The van der Waals surface area contributed by atoms with Gasteiger partial charge in [-0.2, -0.15) is 11.8 Å². The maximum Gasteiger partial charge on any atom is 0.331 e. The summed E-state index contributed by atoms with van der Waals surface area (Å²) in [6, 6.07) is 7.46. The normalized spacial score (nSPS) is 13.7. The van der Waals surface area contributed by atoms with Crippen molar-refractivity contribution in [1.29, 1.82) is 0 Å². The minimum Gasteiger partial charge on any atom is -0.507 e. The molecule has 0 heterocycles. The summed E-state index contributed by atoms with van der Waals surface area (Å²) in [7, 11) is 0. The molecule has 0 aliphatic rings. The quantitative estimate of drug-likeness (QED) is 0.151. The third kappa shape index (κ3) is 10.4. The Morgan fingerprint density at radius 2 is 0.800 bits per heavy atom. The molecule has 6 nitrogen and oxygen atoms in total. The van der Waals surface area contributed by atoms with Gasteiger partial charge in [0.15, 0.2) is 0 Å². The molecule has 2 aromatic rings. The Bertz CT molecular complexity index is 1290. The van der Waals surface area contributed by atoms with Crippen LogP contribution in [0.1, 0.15) is 129 Å². The largest absolute Gasteiger partial charge is 0.507 e. The van der Waals surface area contributed by atoms with E-state index >= 15 is 0 Å². The second-order valence-corrected chi connectivity index (χ2v) is 17.2. The molecular formula is C38H54O6S. The first-order valence-electron chi connectivity index (χ1n) is 15.6. The number of carboxylic acid groups (broad SMARTS) is 2. The Labute approximate surface area is 274 Å². The number of aliphatic carboxylic acids is 2. The van der Waals surface area contributed by atoms with Crippen molar-refractivity contribution in [3.05, 3.63) is 68.8 Å². The lowest BCUT2D eigenvalue weighted by molar-refractivity contribution is -0.133. The summed E-state index contributed by atoms with van der Waals surface area (Å²) in [5.74, 6) is -0.467. The van der Waals surface area contributed by atoms with E-state index in [1.54, 1.807) is 12.2 Å². The second-order valence-electron chi connectivity index (χ2n) is 16.0. The highest BCUT2D eigenvalue weighted by Crippen LogP contribution is 2.41. The van der Waals surface area contributed by atoms with Gasteiger partial charge in [0.2, 0.25) is 0 Å². The van der Waals surface area contributed by atoms with Gasteiger partial charge in [0.25, 0.3) is 0 Å². The average Bonchev–Trinajstić information content (AvgIpc) is 2.85. The molecule has 2 aromatic carbocycles. The summed E-state index contributed by atoms with van der Waals surface area (Å²) in [6.07, 6.45) is 3.98. The van der Waals surface area contributed by atoms with Crippen molar-refractivity contribution in [2.75, 3.05) is 11.5 Å². The van der Waals surface area contributed by atoms with Gasteiger partial charge in [-0.25, -0.2) is 9.59 Å². The fourth-order valence-electron chi connectivity index (χ4n) is 5.12. The Morgan fingerprint density at radius 3 is 1.00 bits per heavy atom. The van der Waals surface area contributed by atoms with Gasteiger partial charge in [0.05, 0.1) is 0 Å². The van der Waals surface area contributed by atoms with E-state index in [0.717, 1.165) is 33.4 Å². The molecular weight excluding hydrogens is 584 g/mol. The van der Waals surface area contributed by atoms with E-state index in [4.69, 9.17) is 0 Å². The highest BCUT2D eigenvalue weighted by atomic mass is 32.2. The van der Waals surface area contributed by atoms with Crippen LogP contribution in [0.3, 0.4) is 0 Å². The number of carbonyl (C=O) groups is 2. The molecule has 0 aliphatic heterocycles. The number of hydrogen-bond donors (Lipinski definition) is 4. The third-order valence-corrected chi connectivity index (χ3v) is 8.74. The van der Waals surface area contributed by atoms with Crippen LogP contribution in [0.15, 0.2) is 35.4 Å². The standard InChI is InChI=1S/C38H54O6S/c1-35(2,3)27-19-23(20-28(31(27)39)36(4,5)6)17-25(33(41)42)13-15-45-16-14-26(34(43)44)18-24-21-29(37(7,8)9)32(40)30(22-24)38(10,11)12/h17-22,39-40H,13-16H2,1-12H3,(H,41,42)(H,43,44). The summed E-state index contributed by atoms with van der Waals surface area (Å²) >= 11 is 1.51. The van der Waals surface area contributed by atoms with Crippen LogP contribution in [0, 0.1) is 0 Å². The molecule has 4 N–H and O–H groups in total. The average molecular weight is 639 g/mol. The molecule has 0 fully saturated rings. The molecule has 0 unspecified atom stereocenters. The zero-order valence-corrected chi connectivity index (χ0v) is 30.1. The highest BCUT2D eigenvalue weighted by Gasteiger charge is 2.28. The summed E-state index contributed by atoms with van der Waals surface area (Å²) in [6.45, 7) is 24.2. The van der Waals surface area contributed by atoms with Crippen molar-refractivity contribution < 1.29 is 30.0 Å². The summed E-state index contributed by atoms with van der Waals surface area (Å²) in [4.78, 5) is 24.4. The van der Waals surface area contributed by atoms with Crippen molar-refractivity contribution in [3.63, 3.8) is 0 Å². The second kappa shape index (κ2) is 14.1. The van der Waals surface area contributed by atoms with Crippen molar-refractivity contribution in [2.24, 2.45) is 0 Å². The fraction of sp³-hybridized carbons (Fsp3) is 0.526. The van der Waals surface area contributed by atoms with Crippen molar-refractivity contribution in [2.45, 2.75) is 118 Å². The maximum atomic E-state index is 12.2. The highest BCUT2D eigenvalue weighted by molar-refractivity contribution is 7.99. The molecule has 0 atom stereocenters. The van der Waals surface area contributed by atoms with E-state index in [1.165, 1.54) is 11.8 Å². The van der Waals surface area contributed by atoms with Crippen LogP contribution in [0.25, 0.3) is 12.2 Å². The summed E-state index contributed by atoms with van der Waals surface area (Å²) < 4.78 is 0. The topological polar surface area (TPSA) is 115 Å². The van der Waals surface area contributed by atoms with E-state index in [9.17, 15) is 30.0 Å². The zero-order chi connectivity index (χ0) is 34.7. The maximum absolute atomic E-state index is 12.2. The Balaban J connectivity index is 2.28. The Morgan fingerprint density at radius 1 is 0.556 bits per heavy atom. The smallest absolute Gasteiger partial charge is 0.331 e. The number of aromatic hydroxyl groups is 2. The van der Waals surface area contributed by atoms with Gasteiger partial charge >= 0.3 is 11.9 Å². The van der Waals surface area contributed by atoms with Gasteiger partial charge in [-0.3, -0.25) is 0 Å².